The van der Waals surface area contributed by atoms with Crippen LogP contribution in [0, 0.1) is 0 Å². The molecular weight excluding hydrogens is 216 g/mol. The molecular formula is C13H14N2O2. The van der Waals surface area contributed by atoms with Gasteiger partial charge in [-0.15, -0.1) is 0 Å². The summed E-state index contributed by atoms with van der Waals surface area (Å²) >= 11 is 0. The summed E-state index contributed by atoms with van der Waals surface area (Å²) in [6.45, 7) is 0.220. The Morgan fingerprint density at radius 3 is 2.59 bits per heavy atom. The van der Waals surface area contributed by atoms with Gasteiger partial charge in [-0.1, -0.05) is 12.1 Å². The summed E-state index contributed by atoms with van der Waals surface area (Å²) in [6.07, 6.45) is 6.42. The fraction of sp³-hybridized carbons (Fsp3) is 0.231. The van der Waals surface area contributed by atoms with Gasteiger partial charge < -0.3 is 9.84 Å². The molecule has 1 heterocycles. The number of aryl methyl sites for hydroxylation is 1. The van der Waals surface area contributed by atoms with Crippen molar-refractivity contribution in [3.05, 3.63) is 48.4 Å². The van der Waals surface area contributed by atoms with Crippen LogP contribution in [0.4, 0.5) is 0 Å². The molecule has 0 aliphatic rings. The van der Waals surface area contributed by atoms with Gasteiger partial charge in [0.15, 0.2) is 0 Å². The summed E-state index contributed by atoms with van der Waals surface area (Å²) < 4.78 is 5.51. The molecule has 2 aromatic rings. The topological polar surface area (TPSA) is 55.2 Å². The van der Waals surface area contributed by atoms with E-state index in [1.54, 1.807) is 18.6 Å². The Balaban J connectivity index is 1.98. The van der Waals surface area contributed by atoms with Gasteiger partial charge in [-0.2, -0.15) is 0 Å². The molecule has 17 heavy (non-hydrogen) atoms. The van der Waals surface area contributed by atoms with E-state index in [2.05, 4.69) is 9.97 Å². The lowest BCUT2D eigenvalue weighted by atomic mass is 10.1. The summed E-state index contributed by atoms with van der Waals surface area (Å²) in [4.78, 5) is 7.95. The average Bonchev–Trinajstić information content (AvgIpc) is 2.39. The number of aliphatic hydroxyl groups excluding tert-OH is 1. The van der Waals surface area contributed by atoms with Crippen molar-refractivity contribution in [1.29, 1.82) is 0 Å². The molecule has 0 atom stereocenters. The van der Waals surface area contributed by atoms with Gasteiger partial charge in [-0.25, -0.2) is 4.98 Å². The second-order valence-corrected chi connectivity index (χ2v) is 3.62. The van der Waals surface area contributed by atoms with E-state index in [1.807, 2.05) is 24.3 Å². The van der Waals surface area contributed by atoms with Crippen LogP contribution in [0.15, 0.2) is 42.9 Å². The quantitative estimate of drug-likeness (QED) is 0.855. The highest BCUT2D eigenvalue weighted by atomic mass is 16.5. The number of aliphatic hydroxyl groups is 1. The number of hydrogen-bond donors (Lipinski definition) is 1. The van der Waals surface area contributed by atoms with Crippen LogP contribution in [0.2, 0.25) is 0 Å². The van der Waals surface area contributed by atoms with Gasteiger partial charge in [-0.3, -0.25) is 4.98 Å². The molecule has 0 unspecified atom stereocenters. The van der Waals surface area contributed by atoms with Crippen LogP contribution in [0.3, 0.4) is 0 Å². The molecule has 0 spiro atoms. The molecule has 0 radical (unpaired) electrons. The Bertz CT molecular complexity index is 443. The van der Waals surface area contributed by atoms with Crippen molar-refractivity contribution in [2.45, 2.75) is 12.8 Å². The van der Waals surface area contributed by atoms with Crippen LogP contribution in [0.25, 0.3) is 0 Å². The van der Waals surface area contributed by atoms with Crippen LogP contribution in [-0.2, 0) is 6.42 Å². The average molecular weight is 230 g/mol. The minimum absolute atomic E-state index is 0.220. The Hall–Kier alpha value is -1.94. The van der Waals surface area contributed by atoms with Crippen molar-refractivity contribution in [1.82, 2.24) is 9.97 Å². The molecule has 1 N–H and O–H groups in total. The molecule has 0 amide bonds. The van der Waals surface area contributed by atoms with Gasteiger partial charge in [0, 0.05) is 19.0 Å². The summed E-state index contributed by atoms with van der Waals surface area (Å²) in [5.41, 5.74) is 1.19. The van der Waals surface area contributed by atoms with E-state index in [-0.39, 0.29) is 6.61 Å². The molecule has 0 fully saturated rings. The number of rotatable bonds is 5. The smallest absolute Gasteiger partial charge is 0.237 e. The second-order valence-electron chi connectivity index (χ2n) is 3.62. The van der Waals surface area contributed by atoms with Crippen molar-refractivity contribution in [3.63, 3.8) is 0 Å². The zero-order valence-electron chi connectivity index (χ0n) is 9.41. The standard InChI is InChI=1S/C13H14N2O2/c16-9-1-2-11-3-5-12(6-4-11)17-13-10-14-7-8-15-13/h3-8,10,16H,1-2,9H2. The number of nitrogens with zero attached hydrogens (tertiary/aromatic N) is 2. The zero-order valence-corrected chi connectivity index (χ0v) is 9.41. The number of benzene rings is 1. The van der Waals surface area contributed by atoms with Crippen molar-refractivity contribution >= 4 is 0 Å². The molecule has 1 aromatic heterocycles. The van der Waals surface area contributed by atoms with E-state index in [4.69, 9.17) is 9.84 Å². The maximum absolute atomic E-state index is 8.74. The summed E-state index contributed by atoms with van der Waals surface area (Å²) in [5, 5.41) is 8.74. The number of aromatic nitrogens is 2. The van der Waals surface area contributed by atoms with Gasteiger partial charge >= 0.3 is 0 Å². The Morgan fingerprint density at radius 2 is 1.94 bits per heavy atom. The molecule has 0 saturated heterocycles. The Morgan fingerprint density at radius 1 is 1.12 bits per heavy atom. The van der Waals surface area contributed by atoms with E-state index in [1.165, 1.54) is 5.56 Å². The molecule has 0 aliphatic carbocycles. The van der Waals surface area contributed by atoms with Gasteiger partial charge in [-0.05, 0) is 30.5 Å². The molecule has 88 valence electrons. The predicted molar refractivity (Wildman–Crippen MR) is 64.0 cm³/mol. The lowest BCUT2D eigenvalue weighted by molar-refractivity contribution is 0.288. The molecule has 1 aromatic carbocycles. The first-order chi connectivity index (χ1) is 8.38. The third-order valence-electron chi connectivity index (χ3n) is 2.31. The first-order valence-corrected chi connectivity index (χ1v) is 5.52. The highest BCUT2D eigenvalue weighted by molar-refractivity contribution is 5.29. The fourth-order valence-electron chi connectivity index (χ4n) is 1.47. The summed E-state index contributed by atoms with van der Waals surface area (Å²) in [7, 11) is 0. The number of ether oxygens (including phenoxy) is 1. The van der Waals surface area contributed by atoms with E-state index < -0.39 is 0 Å². The van der Waals surface area contributed by atoms with Crippen LogP contribution in [-0.4, -0.2) is 21.7 Å². The highest BCUT2D eigenvalue weighted by Crippen LogP contribution is 2.18. The maximum atomic E-state index is 8.74. The summed E-state index contributed by atoms with van der Waals surface area (Å²) in [6, 6.07) is 7.76. The van der Waals surface area contributed by atoms with Gasteiger partial charge in [0.2, 0.25) is 5.88 Å². The normalized spacial score (nSPS) is 10.2. The van der Waals surface area contributed by atoms with Crippen LogP contribution < -0.4 is 4.74 Å². The predicted octanol–water partition coefficient (Wildman–Crippen LogP) is 2.19. The van der Waals surface area contributed by atoms with Crippen molar-refractivity contribution in [2.75, 3.05) is 6.61 Å². The van der Waals surface area contributed by atoms with E-state index >= 15 is 0 Å². The number of hydrogen-bond acceptors (Lipinski definition) is 4. The molecule has 0 bridgehead atoms. The molecule has 4 heteroatoms. The Labute approximate surface area is 99.9 Å². The first-order valence-electron chi connectivity index (χ1n) is 5.52. The van der Waals surface area contributed by atoms with Crippen LogP contribution >= 0.6 is 0 Å². The molecule has 2 rings (SSSR count). The fourth-order valence-corrected chi connectivity index (χ4v) is 1.47. The van der Waals surface area contributed by atoms with Gasteiger partial charge in [0.05, 0.1) is 6.20 Å². The third-order valence-corrected chi connectivity index (χ3v) is 2.31. The van der Waals surface area contributed by atoms with E-state index in [0.29, 0.717) is 5.88 Å². The first kappa shape index (κ1) is 11.5. The van der Waals surface area contributed by atoms with Crippen LogP contribution in [0.1, 0.15) is 12.0 Å². The zero-order chi connectivity index (χ0) is 11.9. The van der Waals surface area contributed by atoms with Crippen molar-refractivity contribution in [2.24, 2.45) is 0 Å². The van der Waals surface area contributed by atoms with Crippen LogP contribution in [0.5, 0.6) is 11.6 Å². The van der Waals surface area contributed by atoms with E-state index in [0.717, 1.165) is 18.6 Å². The largest absolute Gasteiger partial charge is 0.438 e. The molecule has 0 saturated carbocycles. The maximum Gasteiger partial charge on any atom is 0.237 e. The Kier molecular flexibility index (Phi) is 4.05. The lowest BCUT2D eigenvalue weighted by Crippen LogP contribution is -1.91. The molecule has 4 nitrogen and oxygen atoms in total. The third kappa shape index (κ3) is 3.53. The van der Waals surface area contributed by atoms with Crippen molar-refractivity contribution in [3.8, 4) is 11.6 Å². The van der Waals surface area contributed by atoms with Crippen molar-refractivity contribution < 1.29 is 9.84 Å². The lowest BCUT2D eigenvalue weighted by Gasteiger charge is -2.05. The highest BCUT2D eigenvalue weighted by Gasteiger charge is 1.98. The monoisotopic (exact) mass is 230 g/mol. The van der Waals surface area contributed by atoms with Gasteiger partial charge in [0.1, 0.15) is 5.75 Å². The SMILES string of the molecule is OCCCc1ccc(Oc2cnccn2)cc1. The molecule has 0 aliphatic heterocycles. The second kappa shape index (κ2) is 5.96. The summed E-state index contributed by atoms with van der Waals surface area (Å²) in [5.74, 6) is 1.22. The minimum Gasteiger partial charge on any atom is -0.438 e. The minimum atomic E-state index is 0.220. The van der Waals surface area contributed by atoms with Gasteiger partial charge in [0.25, 0.3) is 0 Å². The van der Waals surface area contributed by atoms with E-state index in [9.17, 15) is 0 Å².